The van der Waals surface area contributed by atoms with E-state index in [-0.39, 0.29) is 23.9 Å². The monoisotopic (exact) mass is 312 g/mol. The number of nitrogen functional groups attached to an aromatic ring is 1. The SMILES string of the molecule is N=C(N)c1ccc2nc(C(=O)NC3CCC(O)CC3)ccc2c1. The van der Waals surface area contributed by atoms with Crippen molar-refractivity contribution in [3.63, 3.8) is 0 Å². The Morgan fingerprint density at radius 2 is 1.96 bits per heavy atom. The number of aliphatic hydroxyl groups excluding tert-OH is 1. The first-order valence-electron chi connectivity index (χ1n) is 7.77. The van der Waals surface area contributed by atoms with Crippen molar-refractivity contribution >= 4 is 22.6 Å². The number of nitrogens with two attached hydrogens (primary N) is 1. The van der Waals surface area contributed by atoms with Gasteiger partial charge in [-0.3, -0.25) is 10.2 Å². The predicted molar refractivity (Wildman–Crippen MR) is 88.5 cm³/mol. The van der Waals surface area contributed by atoms with Crippen LogP contribution in [0.15, 0.2) is 30.3 Å². The van der Waals surface area contributed by atoms with Crippen molar-refractivity contribution in [3.05, 3.63) is 41.6 Å². The van der Waals surface area contributed by atoms with Gasteiger partial charge in [-0.15, -0.1) is 0 Å². The lowest BCUT2D eigenvalue weighted by Crippen LogP contribution is -2.38. The fraction of sp³-hybridized carbons (Fsp3) is 0.353. The van der Waals surface area contributed by atoms with Gasteiger partial charge < -0.3 is 16.2 Å². The standard InChI is InChI=1S/C17H20N4O2/c18-16(19)11-2-7-14-10(9-11)1-8-15(21-14)17(23)20-12-3-5-13(22)6-4-12/h1-2,7-9,12-13,22H,3-6H2,(H3,18,19)(H,20,23). The van der Waals surface area contributed by atoms with Crippen molar-refractivity contribution in [2.24, 2.45) is 5.73 Å². The summed E-state index contributed by atoms with van der Waals surface area (Å²) in [6.45, 7) is 0. The lowest BCUT2D eigenvalue weighted by molar-refractivity contribution is 0.0863. The van der Waals surface area contributed by atoms with Crippen molar-refractivity contribution in [1.29, 1.82) is 5.41 Å². The minimum absolute atomic E-state index is 0.00760. The summed E-state index contributed by atoms with van der Waals surface area (Å²) in [5, 5.41) is 20.8. The number of amidine groups is 1. The second-order valence-corrected chi connectivity index (χ2v) is 6.00. The van der Waals surface area contributed by atoms with Crippen LogP contribution in [-0.4, -0.2) is 34.0 Å². The first-order chi connectivity index (χ1) is 11.0. The fourth-order valence-corrected chi connectivity index (χ4v) is 2.90. The van der Waals surface area contributed by atoms with Crippen LogP contribution in [0.25, 0.3) is 10.9 Å². The summed E-state index contributed by atoms with van der Waals surface area (Å²) < 4.78 is 0. The van der Waals surface area contributed by atoms with Crippen molar-refractivity contribution in [2.75, 3.05) is 0 Å². The summed E-state index contributed by atoms with van der Waals surface area (Å²) in [5.74, 6) is -0.183. The summed E-state index contributed by atoms with van der Waals surface area (Å²) in [7, 11) is 0. The van der Waals surface area contributed by atoms with E-state index in [4.69, 9.17) is 11.1 Å². The largest absolute Gasteiger partial charge is 0.393 e. The topological polar surface area (TPSA) is 112 Å². The Morgan fingerprint density at radius 1 is 1.22 bits per heavy atom. The van der Waals surface area contributed by atoms with Crippen LogP contribution >= 0.6 is 0 Å². The van der Waals surface area contributed by atoms with E-state index in [0.29, 0.717) is 16.8 Å². The summed E-state index contributed by atoms with van der Waals surface area (Å²) in [5.41, 5.74) is 7.18. The average molecular weight is 312 g/mol. The number of fused-ring (bicyclic) bond motifs is 1. The fourth-order valence-electron chi connectivity index (χ4n) is 2.90. The molecule has 0 spiro atoms. The highest BCUT2D eigenvalue weighted by Gasteiger charge is 2.21. The average Bonchev–Trinajstić information content (AvgIpc) is 2.55. The third-order valence-electron chi connectivity index (χ3n) is 4.26. The molecule has 0 saturated heterocycles. The molecule has 5 N–H and O–H groups in total. The van der Waals surface area contributed by atoms with Crippen LogP contribution in [0.2, 0.25) is 0 Å². The molecule has 120 valence electrons. The van der Waals surface area contributed by atoms with Crippen LogP contribution in [0, 0.1) is 5.41 Å². The summed E-state index contributed by atoms with van der Waals surface area (Å²) >= 11 is 0. The Labute approximate surface area is 134 Å². The maximum Gasteiger partial charge on any atom is 0.270 e. The van der Waals surface area contributed by atoms with Crippen LogP contribution in [0.5, 0.6) is 0 Å². The molecule has 1 aromatic heterocycles. The molecule has 3 rings (SSSR count). The van der Waals surface area contributed by atoms with E-state index in [1.165, 1.54) is 0 Å². The Kier molecular flexibility index (Phi) is 4.25. The number of nitrogens with zero attached hydrogens (tertiary/aromatic N) is 1. The van der Waals surface area contributed by atoms with E-state index in [0.717, 1.165) is 31.1 Å². The highest BCUT2D eigenvalue weighted by Crippen LogP contribution is 2.19. The number of pyridine rings is 1. The number of rotatable bonds is 3. The molecule has 6 nitrogen and oxygen atoms in total. The lowest BCUT2D eigenvalue weighted by Gasteiger charge is -2.26. The smallest absolute Gasteiger partial charge is 0.270 e. The van der Waals surface area contributed by atoms with Gasteiger partial charge in [0, 0.05) is 17.0 Å². The van der Waals surface area contributed by atoms with Gasteiger partial charge in [-0.2, -0.15) is 0 Å². The molecular weight excluding hydrogens is 292 g/mol. The van der Waals surface area contributed by atoms with Gasteiger partial charge in [-0.25, -0.2) is 4.98 Å². The van der Waals surface area contributed by atoms with Crippen LogP contribution in [0.3, 0.4) is 0 Å². The Balaban J connectivity index is 1.76. The molecule has 0 atom stereocenters. The molecule has 0 unspecified atom stereocenters. The molecule has 0 bridgehead atoms. The molecule has 1 aromatic carbocycles. The van der Waals surface area contributed by atoms with Crippen molar-refractivity contribution in [1.82, 2.24) is 10.3 Å². The molecule has 1 aliphatic rings. The molecule has 1 heterocycles. The summed E-state index contributed by atoms with van der Waals surface area (Å²) in [6.07, 6.45) is 2.80. The number of amides is 1. The number of hydrogen-bond donors (Lipinski definition) is 4. The third-order valence-corrected chi connectivity index (χ3v) is 4.26. The quantitative estimate of drug-likeness (QED) is 0.509. The van der Waals surface area contributed by atoms with E-state index in [1.54, 1.807) is 24.3 Å². The second kappa shape index (κ2) is 6.34. The van der Waals surface area contributed by atoms with E-state index in [1.807, 2.05) is 6.07 Å². The van der Waals surface area contributed by atoms with Crippen LogP contribution < -0.4 is 11.1 Å². The molecule has 0 aliphatic heterocycles. The zero-order chi connectivity index (χ0) is 16.4. The van der Waals surface area contributed by atoms with Gasteiger partial charge in [-0.05, 0) is 49.9 Å². The molecule has 23 heavy (non-hydrogen) atoms. The first-order valence-corrected chi connectivity index (χ1v) is 7.77. The number of nitrogens with one attached hydrogen (secondary N) is 2. The maximum atomic E-state index is 12.3. The normalized spacial score (nSPS) is 21.1. The molecule has 1 amide bonds. The van der Waals surface area contributed by atoms with E-state index in [2.05, 4.69) is 10.3 Å². The first kappa shape index (κ1) is 15.4. The lowest BCUT2D eigenvalue weighted by atomic mass is 9.93. The predicted octanol–water partition coefficient (Wildman–Crippen LogP) is 1.55. The number of benzene rings is 1. The van der Waals surface area contributed by atoms with Crippen molar-refractivity contribution in [2.45, 2.75) is 37.8 Å². The Morgan fingerprint density at radius 3 is 2.65 bits per heavy atom. The Hall–Kier alpha value is -2.47. The molecule has 1 aliphatic carbocycles. The molecule has 1 saturated carbocycles. The second-order valence-electron chi connectivity index (χ2n) is 6.00. The number of aromatic nitrogens is 1. The van der Waals surface area contributed by atoms with Crippen LogP contribution in [0.1, 0.15) is 41.7 Å². The zero-order valence-corrected chi connectivity index (χ0v) is 12.7. The molecule has 6 heteroatoms. The number of hydrogen-bond acceptors (Lipinski definition) is 4. The van der Waals surface area contributed by atoms with Gasteiger partial charge in [-0.1, -0.05) is 6.07 Å². The molecule has 0 radical (unpaired) electrons. The van der Waals surface area contributed by atoms with Gasteiger partial charge in [0.25, 0.3) is 5.91 Å². The van der Waals surface area contributed by atoms with E-state index < -0.39 is 0 Å². The number of carbonyl (C=O) groups is 1. The molecule has 1 fully saturated rings. The van der Waals surface area contributed by atoms with Gasteiger partial charge in [0.05, 0.1) is 11.6 Å². The highest BCUT2D eigenvalue weighted by molar-refractivity contribution is 5.99. The number of aliphatic hydroxyl groups is 1. The highest BCUT2D eigenvalue weighted by atomic mass is 16.3. The Bertz CT molecular complexity index is 751. The summed E-state index contributed by atoms with van der Waals surface area (Å²) in [6, 6.07) is 8.87. The van der Waals surface area contributed by atoms with Gasteiger partial charge in [0.2, 0.25) is 0 Å². The van der Waals surface area contributed by atoms with E-state index >= 15 is 0 Å². The molecular formula is C17H20N4O2. The van der Waals surface area contributed by atoms with Crippen LogP contribution in [-0.2, 0) is 0 Å². The van der Waals surface area contributed by atoms with E-state index in [9.17, 15) is 9.90 Å². The van der Waals surface area contributed by atoms with Gasteiger partial charge in [0.15, 0.2) is 0 Å². The number of carbonyl (C=O) groups excluding carboxylic acids is 1. The third kappa shape index (κ3) is 3.48. The zero-order valence-electron chi connectivity index (χ0n) is 12.7. The molecule has 2 aromatic rings. The summed E-state index contributed by atoms with van der Waals surface area (Å²) in [4.78, 5) is 16.7. The minimum atomic E-state index is -0.239. The maximum absolute atomic E-state index is 12.3. The van der Waals surface area contributed by atoms with Gasteiger partial charge in [0.1, 0.15) is 11.5 Å². The van der Waals surface area contributed by atoms with Crippen molar-refractivity contribution < 1.29 is 9.90 Å². The van der Waals surface area contributed by atoms with Gasteiger partial charge >= 0.3 is 0 Å². The van der Waals surface area contributed by atoms with Crippen molar-refractivity contribution in [3.8, 4) is 0 Å². The minimum Gasteiger partial charge on any atom is -0.393 e. The van der Waals surface area contributed by atoms with Crippen LogP contribution in [0.4, 0.5) is 0 Å².